The summed E-state index contributed by atoms with van der Waals surface area (Å²) in [6, 6.07) is 4.73. The van der Waals surface area contributed by atoms with E-state index >= 15 is 0 Å². The molecule has 3 fully saturated rings. The molecule has 0 spiro atoms. The van der Waals surface area contributed by atoms with Crippen molar-refractivity contribution in [1.29, 1.82) is 0 Å². The highest BCUT2D eigenvalue weighted by Gasteiger charge is 2.51. The highest BCUT2D eigenvalue weighted by atomic mass is 32.2. The molecular formula is C25H33N3O5S. The molecule has 2 atom stereocenters. The number of benzene rings is 1. The number of amides is 1. The maximum absolute atomic E-state index is 12.9. The summed E-state index contributed by atoms with van der Waals surface area (Å²) < 4.78 is 35.0. The molecule has 0 unspecified atom stereocenters. The number of rotatable bonds is 3. The Labute approximate surface area is 201 Å². The Morgan fingerprint density at radius 1 is 1.15 bits per heavy atom. The van der Waals surface area contributed by atoms with Crippen LogP contribution < -0.4 is 4.90 Å². The zero-order valence-corrected chi connectivity index (χ0v) is 21.0. The lowest BCUT2D eigenvalue weighted by Crippen LogP contribution is -2.39. The van der Waals surface area contributed by atoms with Gasteiger partial charge < -0.3 is 14.5 Å². The number of anilines is 1. The molecule has 3 aliphatic heterocycles. The molecule has 0 aromatic heterocycles. The van der Waals surface area contributed by atoms with Crippen molar-refractivity contribution in [2.75, 3.05) is 24.6 Å². The zero-order valence-electron chi connectivity index (χ0n) is 20.2. The van der Waals surface area contributed by atoms with Gasteiger partial charge in [0.2, 0.25) is 0 Å². The normalized spacial score (nSPS) is 28.9. The largest absolute Gasteiger partial charge is 0.452 e. The smallest absolute Gasteiger partial charge is 0.338 e. The Hall–Kier alpha value is -2.42. The Bertz CT molecular complexity index is 1170. The van der Waals surface area contributed by atoms with E-state index < -0.39 is 16.0 Å². The third kappa shape index (κ3) is 4.23. The molecular weight excluding hydrogens is 454 g/mol. The van der Waals surface area contributed by atoms with Crippen LogP contribution in [0.1, 0.15) is 76.1 Å². The molecule has 1 aliphatic carbocycles. The number of esters is 1. The first-order valence-electron chi connectivity index (χ1n) is 12.2. The Morgan fingerprint density at radius 2 is 1.94 bits per heavy atom. The number of nitrogens with zero attached hydrogens (tertiary/aromatic N) is 3. The summed E-state index contributed by atoms with van der Waals surface area (Å²) in [5, 5.41) is 0. The molecule has 2 saturated heterocycles. The van der Waals surface area contributed by atoms with E-state index in [9.17, 15) is 18.0 Å². The van der Waals surface area contributed by atoms with Gasteiger partial charge in [-0.15, -0.1) is 4.40 Å². The van der Waals surface area contributed by atoms with Gasteiger partial charge >= 0.3 is 5.97 Å². The number of sulfonamides is 1. The Morgan fingerprint density at radius 3 is 2.74 bits per heavy atom. The van der Waals surface area contributed by atoms with Gasteiger partial charge in [0.15, 0.2) is 6.61 Å². The second-order valence-electron chi connectivity index (χ2n) is 11.4. The van der Waals surface area contributed by atoms with Crippen LogP contribution in [0.25, 0.3) is 0 Å². The van der Waals surface area contributed by atoms with E-state index in [4.69, 9.17) is 4.74 Å². The van der Waals surface area contributed by atoms with Gasteiger partial charge in [0.25, 0.3) is 15.9 Å². The molecule has 2 bridgehead atoms. The van der Waals surface area contributed by atoms with Crippen molar-refractivity contribution in [3.05, 3.63) is 23.8 Å². The highest BCUT2D eigenvalue weighted by Crippen LogP contribution is 2.52. The van der Waals surface area contributed by atoms with Gasteiger partial charge in [0.1, 0.15) is 10.7 Å². The number of carbonyl (C=O) groups is 2. The summed E-state index contributed by atoms with van der Waals surface area (Å²) in [6.45, 7) is 7.76. The number of amidine groups is 1. The van der Waals surface area contributed by atoms with E-state index in [1.807, 2.05) is 9.80 Å². The van der Waals surface area contributed by atoms with E-state index in [0.717, 1.165) is 38.5 Å². The van der Waals surface area contributed by atoms with Crippen molar-refractivity contribution in [1.82, 2.24) is 4.90 Å². The fourth-order valence-corrected chi connectivity index (χ4v) is 7.94. The summed E-state index contributed by atoms with van der Waals surface area (Å²) in [4.78, 5) is 29.5. The molecule has 1 saturated carbocycles. The van der Waals surface area contributed by atoms with E-state index in [-0.39, 0.29) is 39.8 Å². The summed E-state index contributed by atoms with van der Waals surface area (Å²) in [5.74, 6) is -0.325. The minimum atomic E-state index is -3.89. The van der Waals surface area contributed by atoms with E-state index in [1.165, 1.54) is 6.07 Å². The van der Waals surface area contributed by atoms with Crippen molar-refractivity contribution in [3.63, 3.8) is 0 Å². The van der Waals surface area contributed by atoms with Crippen LogP contribution in [-0.4, -0.2) is 56.8 Å². The van der Waals surface area contributed by atoms with Crippen LogP contribution in [-0.2, 0) is 19.6 Å². The minimum Gasteiger partial charge on any atom is -0.452 e. The van der Waals surface area contributed by atoms with Crippen molar-refractivity contribution in [2.45, 2.75) is 76.7 Å². The molecule has 5 rings (SSSR count). The first kappa shape index (κ1) is 23.3. The third-order valence-corrected chi connectivity index (χ3v) is 8.98. The fourth-order valence-electron chi connectivity index (χ4n) is 6.65. The van der Waals surface area contributed by atoms with E-state index in [1.54, 1.807) is 12.1 Å². The van der Waals surface area contributed by atoms with Crippen LogP contribution >= 0.6 is 0 Å². The lowest BCUT2D eigenvalue weighted by Gasteiger charge is -2.39. The van der Waals surface area contributed by atoms with Gasteiger partial charge in [-0.3, -0.25) is 4.79 Å². The molecule has 34 heavy (non-hydrogen) atoms. The third-order valence-electron chi connectivity index (χ3n) is 7.65. The summed E-state index contributed by atoms with van der Waals surface area (Å²) >= 11 is 0. The number of hydrogen-bond acceptors (Lipinski definition) is 6. The topological polar surface area (TPSA) is 96.3 Å². The SMILES string of the molecule is CC1(C)C[C@H]2C[C@@](C)(CN2C(=O)COC(=O)c2ccc3c(c2)S(=O)(=O)N=C2CCCCCN23)C1. The van der Waals surface area contributed by atoms with Crippen LogP contribution in [0, 0.1) is 10.8 Å². The highest BCUT2D eigenvalue weighted by molar-refractivity contribution is 7.90. The number of likely N-dealkylation sites (tertiary alicyclic amines) is 1. The number of fused-ring (bicyclic) bond motifs is 5. The maximum atomic E-state index is 12.9. The molecule has 1 aromatic carbocycles. The predicted octanol–water partition coefficient (Wildman–Crippen LogP) is 3.75. The zero-order chi connectivity index (χ0) is 24.3. The van der Waals surface area contributed by atoms with Crippen molar-refractivity contribution in [3.8, 4) is 0 Å². The van der Waals surface area contributed by atoms with Crippen LogP contribution in [0.4, 0.5) is 5.69 Å². The van der Waals surface area contributed by atoms with Crippen molar-refractivity contribution < 1.29 is 22.7 Å². The van der Waals surface area contributed by atoms with Gasteiger partial charge in [-0.25, -0.2) is 4.79 Å². The number of carbonyl (C=O) groups excluding carboxylic acids is 2. The van der Waals surface area contributed by atoms with Crippen molar-refractivity contribution >= 4 is 33.4 Å². The summed E-state index contributed by atoms with van der Waals surface area (Å²) in [7, 11) is -3.89. The lowest BCUT2D eigenvalue weighted by molar-refractivity contribution is -0.135. The van der Waals surface area contributed by atoms with Gasteiger partial charge in [0.05, 0.1) is 11.3 Å². The Kier molecular flexibility index (Phi) is 5.54. The van der Waals surface area contributed by atoms with Gasteiger partial charge in [-0.2, -0.15) is 8.42 Å². The van der Waals surface area contributed by atoms with Crippen molar-refractivity contribution in [2.24, 2.45) is 15.2 Å². The molecule has 3 heterocycles. The van der Waals surface area contributed by atoms with Gasteiger partial charge in [-0.05, 0) is 61.1 Å². The fraction of sp³-hybridized carbons (Fsp3) is 0.640. The van der Waals surface area contributed by atoms with Gasteiger partial charge in [0, 0.05) is 25.6 Å². The second-order valence-corrected chi connectivity index (χ2v) is 13.0. The second kappa shape index (κ2) is 8.07. The first-order chi connectivity index (χ1) is 16.0. The molecule has 184 valence electrons. The minimum absolute atomic E-state index is 0.0161. The number of hydrogen-bond donors (Lipinski definition) is 0. The Balaban J connectivity index is 1.29. The first-order valence-corrected chi connectivity index (χ1v) is 13.6. The van der Waals surface area contributed by atoms with Gasteiger partial charge in [-0.1, -0.05) is 27.2 Å². The summed E-state index contributed by atoms with van der Waals surface area (Å²) in [5.41, 5.74) is 0.955. The predicted molar refractivity (Wildman–Crippen MR) is 128 cm³/mol. The quantitative estimate of drug-likeness (QED) is 0.603. The van der Waals surface area contributed by atoms with E-state index in [0.29, 0.717) is 31.0 Å². The molecule has 8 nitrogen and oxygen atoms in total. The van der Waals surface area contributed by atoms with Crippen LogP contribution in [0.2, 0.25) is 0 Å². The monoisotopic (exact) mass is 487 g/mol. The molecule has 0 radical (unpaired) electrons. The van der Waals surface area contributed by atoms with Crippen LogP contribution in [0.5, 0.6) is 0 Å². The number of ether oxygens (including phenoxy) is 1. The molecule has 1 aromatic rings. The molecule has 9 heteroatoms. The summed E-state index contributed by atoms with van der Waals surface area (Å²) in [6.07, 6.45) is 6.52. The average molecular weight is 488 g/mol. The molecule has 4 aliphatic rings. The van der Waals surface area contributed by atoms with Crippen LogP contribution in [0.15, 0.2) is 27.5 Å². The standard InChI is InChI=1S/C25H33N3O5S/c1-24(2)12-18-13-25(3,15-24)16-28(18)22(29)14-33-23(30)17-8-9-19-20(11-17)34(31,32)26-21-7-5-4-6-10-27(19)21/h8-9,11,18H,4-7,10,12-16H2,1-3H3/t18-,25+/m0/s1. The average Bonchev–Trinajstić information content (AvgIpc) is 2.88. The lowest BCUT2D eigenvalue weighted by atomic mass is 9.65. The maximum Gasteiger partial charge on any atom is 0.338 e. The van der Waals surface area contributed by atoms with Crippen LogP contribution in [0.3, 0.4) is 0 Å². The molecule has 0 N–H and O–H groups in total. The van der Waals surface area contributed by atoms with E-state index in [2.05, 4.69) is 25.2 Å². The molecule has 1 amide bonds.